The fourth-order valence-electron chi connectivity index (χ4n) is 3.95. The van der Waals surface area contributed by atoms with Gasteiger partial charge in [-0.15, -0.1) is 0 Å². The first-order chi connectivity index (χ1) is 17.6. The Morgan fingerprint density at radius 2 is 2.00 bits per heavy atom. The number of sulfone groups is 1. The number of nitrogens with one attached hydrogen (secondary N) is 1. The number of nitrogens with zero attached hydrogens (tertiary/aromatic N) is 3. The van der Waals surface area contributed by atoms with Crippen LogP contribution in [0.5, 0.6) is 5.75 Å². The van der Waals surface area contributed by atoms with E-state index in [-0.39, 0.29) is 49.2 Å². The molecule has 1 saturated heterocycles. The van der Waals surface area contributed by atoms with Crippen LogP contribution in [0.15, 0.2) is 29.4 Å². The Bertz CT molecular complexity index is 1280. The minimum atomic E-state index is -3.06. The van der Waals surface area contributed by atoms with Crippen LogP contribution >= 0.6 is 0 Å². The number of aromatic nitrogens is 2. The number of carbonyl (C=O) groups is 1. The van der Waals surface area contributed by atoms with E-state index in [9.17, 15) is 17.6 Å². The van der Waals surface area contributed by atoms with Crippen molar-refractivity contribution in [1.29, 1.82) is 0 Å². The van der Waals surface area contributed by atoms with Crippen LogP contribution in [0.1, 0.15) is 40.4 Å². The van der Waals surface area contributed by atoms with Gasteiger partial charge in [0.2, 0.25) is 0 Å². The smallest absolute Gasteiger partial charge is 0.270 e. The second-order valence-corrected chi connectivity index (χ2v) is 11.2. The van der Waals surface area contributed by atoms with E-state index in [1.165, 1.54) is 31.6 Å². The van der Waals surface area contributed by atoms with Gasteiger partial charge in [0, 0.05) is 19.2 Å². The fraction of sp³-hybridized carbons (Fsp3) is 0.500. The van der Waals surface area contributed by atoms with E-state index in [2.05, 4.69) is 20.4 Å². The molecule has 1 fully saturated rings. The maximum atomic E-state index is 13.6. The largest absolute Gasteiger partial charge is 0.494 e. The maximum Gasteiger partial charge on any atom is 0.270 e. The molecular formula is C24H29FN4O7S. The molecule has 13 heteroatoms. The van der Waals surface area contributed by atoms with Crippen molar-refractivity contribution in [1.82, 2.24) is 15.3 Å². The second kappa shape index (κ2) is 11.5. The van der Waals surface area contributed by atoms with E-state index in [0.717, 1.165) is 0 Å². The summed E-state index contributed by atoms with van der Waals surface area (Å²) in [5, 5.41) is 6.91. The lowest BCUT2D eigenvalue weighted by Crippen LogP contribution is -2.43. The van der Waals surface area contributed by atoms with Crippen molar-refractivity contribution in [3.8, 4) is 5.75 Å². The molecule has 1 aromatic carbocycles. The van der Waals surface area contributed by atoms with Gasteiger partial charge in [0.25, 0.3) is 5.91 Å². The van der Waals surface area contributed by atoms with Crippen LogP contribution in [0.25, 0.3) is 0 Å². The van der Waals surface area contributed by atoms with Crippen LogP contribution < -0.4 is 10.1 Å². The molecule has 0 bridgehead atoms. The number of amides is 1. The topological polar surface area (TPSA) is 138 Å². The van der Waals surface area contributed by atoms with Gasteiger partial charge in [0.05, 0.1) is 37.9 Å². The Balaban J connectivity index is 1.33. The van der Waals surface area contributed by atoms with Crippen LogP contribution in [-0.4, -0.2) is 80.6 Å². The molecule has 0 unspecified atom stereocenters. The normalized spacial score (nSPS) is 21.7. The van der Waals surface area contributed by atoms with E-state index in [4.69, 9.17) is 19.0 Å². The molecule has 0 aliphatic carbocycles. The van der Waals surface area contributed by atoms with Crippen LogP contribution in [0.3, 0.4) is 0 Å². The minimum Gasteiger partial charge on any atom is -0.494 e. The SMILES string of the molecule is COc1cc(CNC(=O)c2cc(C3=NO[C@H]([C@H]4CO[C@H](CCS(C)(=O)=O)CO4)C3)nc(C)n2)ccc1F. The lowest BCUT2D eigenvalue weighted by Gasteiger charge is -2.31. The highest BCUT2D eigenvalue weighted by molar-refractivity contribution is 7.90. The first-order valence-electron chi connectivity index (χ1n) is 11.7. The van der Waals surface area contributed by atoms with Crippen LogP contribution in [-0.2, 0) is 30.7 Å². The van der Waals surface area contributed by atoms with Gasteiger partial charge in [-0.05, 0) is 37.1 Å². The third kappa shape index (κ3) is 7.21. The summed E-state index contributed by atoms with van der Waals surface area (Å²) in [7, 11) is -1.69. The van der Waals surface area contributed by atoms with E-state index in [1.807, 2.05) is 0 Å². The number of methoxy groups -OCH3 is 1. The van der Waals surface area contributed by atoms with E-state index < -0.39 is 27.7 Å². The number of ether oxygens (including phenoxy) is 3. The number of halogens is 1. The Morgan fingerprint density at radius 1 is 1.19 bits per heavy atom. The number of carbonyl (C=O) groups excluding carboxylic acids is 1. The molecule has 2 aliphatic heterocycles. The molecule has 1 amide bonds. The monoisotopic (exact) mass is 536 g/mol. The molecule has 1 aromatic heterocycles. The Labute approximate surface area is 214 Å². The third-order valence-electron chi connectivity index (χ3n) is 5.95. The van der Waals surface area contributed by atoms with Crippen LogP contribution in [0, 0.1) is 12.7 Å². The van der Waals surface area contributed by atoms with Gasteiger partial charge >= 0.3 is 0 Å². The van der Waals surface area contributed by atoms with Crippen LogP contribution in [0.4, 0.5) is 4.39 Å². The predicted molar refractivity (Wildman–Crippen MR) is 131 cm³/mol. The van der Waals surface area contributed by atoms with Gasteiger partial charge in [-0.2, -0.15) is 0 Å². The molecule has 0 spiro atoms. The van der Waals surface area contributed by atoms with Crippen LogP contribution in [0.2, 0.25) is 0 Å². The van der Waals surface area contributed by atoms with Gasteiger partial charge in [-0.25, -0.2) is 22.8 Å². The Kier molecular flexibility index (Phi) is 8.35. The average Bonchev–Trinajstić information content (AvgIpc) is 3.37. The molecule has 11 nitrogen and oxygen atoms in total. The Hall–Kier alpha value is -3.16. The molecule has 37 heavy (non-hydrogen) atoms. The van der Waals surface area contributed by atoms with Gasteiger partial charge < -0.3 is 24.4 Å². The molecule has 3 heterocycles. The number of rotatable bonds is 9. The fourth-order valence-corrected chi connectivity index (χ4v) is 4.64. The maximum absolute atomic E-state index is 13.6. The molecule has 200 valence electrons. The summed E-state index contributed by atoms with van der Waals surface area (Å²) in [6, 6.07) is 5.89. The molecule has 3 atom stereocenters. The second-order valence-electron chi connectivity index (χ2n) is 8.97. The summed E-state index contributed by atoms with van der Waals surface area (Å²) in [5.74, 6) is -0.376. The number of hydrogen-bond acceptors (Lipinski definition) is 10. The van der Waals surface area contributed by atoms with E-state index in [1.54, 1.807) is 13.0 Å². The summed E-state index contributed by atoms with van der Waals surface area (Å²) < 4.78 is 52.9. The lowest BCUT2D eigenvalue weighted by atomic mass is 10.0. The summed E-state index contributed by atoms with van der Waals surface area (Å²) in [6.45, 7) is 2.36. The highest BCUT2D eigenvalue weighted by Gasteiger charge is 2.35. The predicted octanol–water partition coefficient (Wildman–Crippen LogP) is 1.57. The molecule has 2 aromatic rings. The Morgan fingerprint density at radius 3 is 2.70 bits per heavy atom. The van der Waals surface area contributed by atoms with E-state index in [0.29, 0.717) is 35.6 Å². The lowest BCUT2D eigenvalue weighted by molar-refractivity contribution is -0.171. The van der Waals surface area contributed by atoms with Crippen molar-refractivity contribution in [2.24, 2.45) is 5.16 Å². The minimum absolute atomic E-state index is 0.0416. The average molecular weight is 537 g/mol. The van der Waals surface area contributed by atoms with E-state index >= 15 is 0 Å². The van der Waals surface area contributed by atoms with Gasteiger partial charge in [-0.1, -0.05) is 11.2 Å². The molecule has 2 aliphatic rings. The summed E-state index contributed by atoms with van der Waals surface area (Å²) >= 11 is 0. The highest BCUT2D eigenvalue weighted by atomic mass is 32.2. The van der Waals surface area contributed by atoms with Gasteiger partial charge in [-0.3, -0.25) is 4.79 Å². The summed E-state index contributed by atoms with van der Waals surface area (Å²) in [6.07, 6.45) is 0.917. The van der Waals surface area contributed by atoms with Crippen molar-refractivity contribution in [3.05, 3.63) is 52.9 Å². The summed E-state index contributed by atoms with van der Waals surface area (Å²) in [5.41, 5.74) is 1.85. The van der Waals surface area contributed by atoms with Gasteiger partial charge in [0.1, 0.15) is 33.2 Å². The molecule has 4 rings (SSSR count). The zero-order valence-corrected chi connectivity index (χ0v) is 21.6. The molecular weight excluding hydrogens is 507 g/mol. The standard InChI is InChI=1S/C24H29FN4O7S/c1-14-27-18(9-20(28-14)24(30)26-11-15-4-5-17(25)21(8-15)33-2)19-10-22(36-29-19)23-13-34-16(12-35-23)6-7-37(3,31)32/h4-5,8-9,16,22-23H,6-7,10-13H2,1-3H3,(H,26,30)/t16-,22+,23-/m1/s1. The van der Waals surface area contributed by atoms with Crippen molar-refractivity contribution in [3.63, 3.8) is 0 Å². The first kappa shape index (κ1) is 26.9. The number of aryl methyl sites for hydroxylation is 1. The third-order valence-corrected chi connectivity index (χ3v) is 6.92. The number of benzene rings is 1. The number of hydrogen-bond donors (Lipinski definition) is 1. The first-order valence-corrected chi connectivity index (χ1v) is 13.8. The molecule has 1 N–H and O–H groups in total. The van der Waals surface area contributed by atoms with Crippen molar-refractivity contribution in [2.75, 3.05) is 32.3 Å². The highest BCUT2D eigenvalue weighted by Crippen LogP contribution is 2.24. The van der Waals surface area contributed by atoms with Crippen molar-refractivity contribution < 1.29 is 36.7 Å². The zero-order valence-electron chi connectivity index (χ0n) is 20.8. The van der Waals surface area contributed by atoms with Gasteiger partial charge in [0.15, 0.2) is 17.7 Å². The number of oxime groups is 1. The summed E-state index contributed by atoms with van der Waals surface area (Å²) in [4.78, 5) is 27.0. The van der Waals surface area contributed by atoms with Crippen molar-refractivity contribution >= 4 is 21.5 Å². The zero-order chi connectivity index (χ0) is 26.6. The molecule has 0 saturated carbocycles. The van der Waals surface area contributed by atoms with Crippen molar-refractivity contribution in [2.45, 2.75) is 44.6 Å². The quantitative estimate of drug-likeness (QED) is 0.506. The molecule has 0 radical (unpaired) electrons.